The van der Waals surface area contributed by atoms with Crippen molar-refractivity contribution in [2.45, 2.75) is 36.2 Å². The molecule has 1 aromatic carbocycles. The Morgan fingerprint density at radius 3 is 2.76 bits per heavy atom. The number of nitrogens with zero attached hydrogens (tertiary/aromatic N) is 1. The van der Waals surface area contributed by atoms with E-state index in [4.69, 9.17) is 9.47 Å². The lowest BCUT2D eigenvalue weighted by Gasteiger charge is -2.23. The molecule has 1 fully saturated rings. The number of ether oxygens (including phenoxy) is 2. The second-order valence-corrected chi connectivity index (χ2v) is 10.5. The van der Waals surface area contributed by atoms with Crippen molar-refractivity contribution in [3.63, 3.8) is 0 Å². The van der Waals surface area contributed by atoms with E-state index in [9.17, 15) is 14.4 Å². The first-order chi connectivity index (χ1) is 15.9. The van der Waals surface area contributed by atoms with E-state index in [1.165, 1.54) is 12.0 Å². The van der Waals surface area contributed by atoms with Crippen molar-refractivity contribution in [3.05, 3.63) is 40.3 Å². The first kappa shape index (κ1) is 23.9. The molecular weight excluding hydrogens is 484 g/mol. The molecule has 0 bridgehead atoms. The Bertz CT molecular complexity index is 1080. The van der Waals surface area contributed by atoms with Crippen LogP contribution in [0.3, 0.4) is 0 Å². The summed E-state index contributed by atoms with van der Waals surface area (Å²) in [5.41, 5.74) is 8.44. The van der Waals surface area contributed by atoms with Crippen LogP contribution >= 0.6 is 34.9 Å². The van der Waals surface area contributed by atoms with E-state index < -0.39 is 11.9 Å². The first-order valence-corrected chi connectivity index (χ1v) is 13.0. The number of thioether (sulfide) groups is 2. The van der Waals surface area contributed by atoms with E-state index in [1.54, 1.807) is 37.4 Å². The van der Waals surface area contributed by atoms with Gasteiger partial charge in [-0.25, -0.2) is 20.4 Å². The molecule has 1 amide bonds. The maximum Gasteiger partial charge on any atom is 0.348 e. The Kier molecular flexibility index (Phi) is 7.49. The largest absolute Gasteiger partial charge is 0.465 e. The highest BCUT2D eigenvalue weighted by atomic mass is 32.2. The molecular formula is C21H24N4O5S3. The zero-order valence-electron chi connectivity index (χ0n) is 18.3. The van der Waals surface area contributed by atoms with Gasteiger partial charge in [0.1, 0.15) is 20.9 Å². The molecule has 33 heavy (non-hydrogen) atoms. The van der Waals surface area contributed by atoms with Crippen LogP contribution in [0.1, 0.15) is 38.9 Å². The summed E-state index contributed by atoms with van der Waals surface area (Å²) >= 11 is 4.38. The SMILES string of the molecule is CCOC(=O)c1c(NC(=O)CCS[C@H]2NN[C@H]3Sc4ccccc4N23)sc(C(=O)OC)c1C. The van der Waals surface area contributed by atoms with E-state index in [2.05, 4.69) is 33.2 Å². The third-order valence-corrected chi connectivity index (χ3v) is 8.53. The fraction of sp³-hybridized carbons (Fsp3) is 0.381. The number of nitrogens with one attached hydrogen (secondary N) is 3. The Balaban J connectivity index is 1.38. The zero-order valence-corrected chi connectivity index (χ0v) is 20.7. The summed E-state index contributed by atoms with van der Waals surface area (Å²) in [7, 11) is 1.27. The van der Waals surface area contributed by atoms with Crippen LogP contribution in [0, 0.1) is 6.92 Å². The van der Waals surface area contributed by atoms with Crippen LogP contribution in [0.25, 0.3) is 0 Å². The van der Waals surface area contributed by atoms with Crippen molar-refractivity contribution in [1.29, 1.82) is 0 Å². The van der Waals surface area contributed by atoms with Crippen LogP contribution in [0.15, 0.2) is 29.2 Å². The molecule has 0 aliphatic carbocycles. The van der Waals surface area contributed by atoms with Crippen molar-refractivity contribution < 1.29 is 23.9 Å². The number of hydrogen-bond acceptors (Lipinski definition) is 11. The van der Waals surface area contributed by atoms with Crippen molar-refractivity contribution >= 4 is 63.4 Å². The molecule has 12 heteroatoms. The molecule has 0 unspecified atom stereocenters. The molecule has 9 nitrogen and oxygen atoms in total. The molecule has 4 rings (SSSR count). The van der Waals surface area contributed by atoms with Crippen molar-refractivity contribution in [3.8, 4) is 0 Å². The summed E-state index contributed by atoms with van der Waals surface area (Å²) in [6, 6.07) is 8.23. The number of fused-ring (bicyclic) bond motifs is 3. The molecule has 3 heterocycles. The van der Waals surface area contributed by atoms with Crippen LogP contribution in [0.5, 0.6) is 0 Å². The van der Waals surface area contributed by atoms with Gasteiger partial charge < -0.3 is 19.7 Å². The number of para-hydroxylation sites is 1. The summed E-state index contributed by atoms with van der Waals surface area (Å²) in [5.74, 6) is -0.824. The topological polar surface area (TPSA) is 109 Å². The number of thiophene rings is 1. The first-order valence-electron chi connectivity index (χ1n) is 10.3. The molecule has 3 N–H and O–H groups in total. The summed E-state index contributed by atoms with van der Waals surface area (Å²) in [5, 5.41) is 3.08. The van der Waals surface area contributed by atoms with Crippen LogP contribution < -0.4 is 21.1 Å². The smallest absolute Gasteiger partial charge is 0.348 e. The van der Waals surface area contributed by atoms with Gasteiger partial charge in [0.05, 0.1) is 25.0 Å². The van der Waals surface area contributed by atoms with Crippen molar-refractivity contribution in [2.75, 3.05) is 29.7 Å². The predicted molar refractivity (Wildman–Crippen MR) is 131 cm³/mol. The number of anilines is 2. The zero-order chi connectivity index (χ0) is 23.5. The number of methoxy groups -OCH3 is 1. The molecule has 2 aromatic rings. The van der Waals surface area contributed by atoms with Gasteiger partial charge in [0.15, 0.2) is 0 Å². The lowest BCUT2D eigenvalue weighted by atomic mass is 10.1. The fourth-order valence-electron chi connectivity index (χ4n) is 3.55. The Hall–Kier alpha value is -2.25. The van der Waals surface area contributed by atoms with Crippen LogP contribution in [-0.2, 0) is 14.3 Å². The fourth-order valence-corrected chi connectivity index (χ4v) is 6.99. The summed E-state index contributed by atoms with van der Waals surface area (Å²) in [6.45, 7) is 3.53. The number of rotatable bonds is 8. The lowest BCUT2D eigenvalue weighted by molar-refractivity contribution is -0.115. The minimum atomic E-state index is -0.580. The Morgan fingerprint density at radius 1 is 1.21 bits per heavy atom. The van der Waals surface area contributed by atoms with Gasteiger partial charge in [0.2, 0.25) is 5.91 Å². The second kappa shape index (κ2) is 10.3. The standard InChI is InChI=1S/C21H24N4O5S3/c1-4-30-18(27)15-11(2)16(19(28)29-3)33-17(15)22-14(26)9-10-31-20-23-24-21-25(20)12-7-5-6-8-13(12)32-21/h5-8,20-21,23-24H,4,9-10H2,1-3H3,(H,22,26)/t20-,21+/m0/s1. The normalized spacial score (nSPS) is 18.6. The maximum atomic E-state index is 12.7. The van der Waals surface area contributed by atoms with Crippen LogP contribution in [-0.4, -0.2) is 48.3 Å². The van der Waals surface area contributed by atoms with Gasteiger partial charge in [-0.15, -0.1) is 23.1 Å². The molecule has 2 atom stereocenters. The lowest BCUT2D eigenvalue weighted by Crippen LogP contribution is -2.34. The molecule has 1 saturated heterocycles. The van der Waals surface area contributed by atoms with Crippen molar-refractivity contribution in [1.82, 2.24) is 10.9 Å². The van der Waals surface area contributed by atoms with Crippen molar-refractivity contribution in [2.24, 2.45) is 0 Å². The van der Waals surface area contributed by atoms with E-state index in [-0.39, 0.29) is 40.4 Å². The highest BCUT2D eigenvalue weighted by Gasteiger charge is 2.40. The van der Waals surface area contributed by atoms with E-state index in [0.29, 0.717) is 16.3 Å². The van der Waals surface area contributed by atoms with Gasteiger partial charge in [-0.2, -0.15) is 0 Å². The van der Waals surface area contributed by atoms with Gasteiger partial charge in [0.25, 0.3) is 0 Å². The number of benzene rings is 1. The number of hydrazine groups is 1. The average Bonchev–Trinajstić information content (AvgIpc) is 3.45. The average molecular weight is 509 g/mol. The molecule has 2 aliphatic rings. The van der Waals surface area contributed by atoms with Crippen LogP contribution in [0.2, 0.25) is 0 Å². The number of esters is 2. The number of hydrogen-bond donors (Lipinski definition) is 3. The van der Waals surface area contributed by atoms with E-state index >= 15 is 0 Å². The quantitative estimate of drug-likeness (QED) is 0.459. The van der Waals surface area contributed by atoms with Crippen LogP contribution in [0.4, 0.5) is 10.7 Å². The minimum Gasteiger partial charge on any atom is -0.465 e. The van der Waals surface area contributed by atoms with Gasteiger partial charge in [-0.1, -0.05) is 23.9 Å². The highest BCUT2D eigenvalue weighted by molar-refractivity contribution is 8.01. The molecule has 0 saturated carbocycles. The van der Waals surface area contributed by atoms with Gasteiger partial charge in [0, 0.05) is 17.1 Å². The Labute approximate surface area is 203 Å². The Morgan fingerprint density at radius 2 is 2.00 bits per heavy atom. The van der Waals surface area contributed by atoms with Gasteiger partial charge in [-0.05, 0) is 31.5 Å². The van der Waals surface area contributed by atoms with E-state index in [1.807, 2.05) is 12.1 Å². The number of amides is 1. The minimum absolute atomic E-state index is 0.0102. The maximum absolute atomic E-state index is 12.7. The summed E-state index contributed by atoms with van der Waals surface area (Å²) in [4.78, 5) is 40.9. The highest BCUT2D eigenvalue weighted by Crippen LogP contribution is 2.46. The number of carbonyl (C=O) groups excluding carboxylic acids is 3. The van der Waals surface area contributed by atoms with E-state index in [0.717, 1.165) is 17.0 Å². The molecule has 176 valence electrons. The molecule has 2 aliphatic heterocycles. The van der Waals surface area contributed by atoms with Gasteiger partial charge in [-0.3, -0.25) is 4.79 Å². The molecule has 1 aromatic heterocycles. The summed E-state index contributed by atoms with van der Waals surface area (Å²) in [6.07, 6.45) is 0.239. The number of carbonyl (C=O) groups is 3. The third kappa shape index (κ3) is 4.85. The third-order valence-electron chi connectivity index (χ3n) is 5.07. The predicted octanol–water partition coefficient (Wildman–Crippen LogP) is 3.37. The monoisotopic (exact) mass is 508 g/mol. The summed E-state index contributed by atoms with van der Waals surface area (Å²) < 4.78 is 9.91. The molecule has 0 radical (unpaired) electrons. The second-order valence-electron chi connectivity index (χ2n) is 7.13. The van der Waals surface area contributed by atoms with Gasteiger partial charge >= 0.3 is 11.9 Å². The molecule has 0 spiro atoms.